The second kappa shape index (κ2) is 7.87. The number of benzene rings is 1. The van der Waals surface area contributed by atoms with Crippen LogP contribution in [0.15, 0.2) is 22.7 Å². The van der Waals surface area contributed by atoms with Crippen LogP contribution in [0.3, 0.4) is 0 Å². The van der Waals surface area contributed by atoms with E-state index in [1.165, 1.54) is 4.90 Å². The first-order chi connectivity index (χ1) is 9.88. The van der Waals surface area contributed by atoms with Crippen LogP contribution in [-0.2, 0) is 4.79 Å². The Bertz CT molecular complexity index is 522. The van der Waals surface area contributed by atoms with Crippen molar-refractivity contribution in [3.05, 3.63) is 22.7 Å². The minimum Gasteiger partial charge on any atom is -0.497 e. The number of hydrogen-bond acceptors (Lipinski definition) is 3. The van der Waals surface area contributed by atoms with Gasteiger partial charge in [-0.05, 0) is 35.0 Å². The quantitative estimate of drug-likeness (QED) is 0.818. The summed E-state index contributed by atoms with van der Waals surface area (Å²) in [5.41, 5.74) is 0.570. The largest absolute Gasteiger partial charge is 0.497 e. The van der Waals surface area contributed by atoms with Crippen molar-refractivity contribution in [2.75, 3.05) is 25.5 Å². The fourth-order valence-corrected chi connectivity index (χ4v) is 2.03. The fraction of sp³-hybridized carbons (Fsp3) is 0.429. The number of halogens is 1. The van der Waals surface area contributed by atoms with Crippen LogP contribution in [0.4, 0.5) is 10.5 Å². The summed E-state index contributed by atoms with van der Waals surface area (Å²) in [6.45, 7) is 3.94. The van der Waals surface area contributed by atoms with Crippen molar-refractivity contribution < 1.29 is 19.4 Å². The highest BCUT2D eigenvalue weighted by atomic mass is 79.9. The van der Waals surface area contributed by atoms with Crippen LogP contribution in [0, 0.1) is 5.92 Å². The number of carbonyl (C=O) groups is 2. The average Bonchev–Trinajstić information content (AvgIpc) is 2.46. The molecule has 0 aliphatic carbocycles. The van der Waals surface area contributed by atoms with Crippen LogP contribution < -0.4 is 10.1 Å². The molecule has 0 heterocycles. The lowest BCUT2D eigenvalue weighted by Gasteiger charge is -2.23. The zero-order chi connectivity index (χ0) is 16.0. The number of carboxylic acid groups (broad SMARTS) is 1. The van der Waals surface area contributed by atoms with Gasteiger partial charge in [0.15, 0.2) is 0 Å². The Labute approximate surface area is 132 Å². The van der Waals surface area contributed by atoms with Crippen molar-refractivity contribution in [2.45, 2.75) is 13.8 Å². The molecule has 0 bridgehead atoms. The van der Waals surface area contributed by atoms with Crippen molar-refractivity contribution in [2.24, 2.45) is 5.92 Å². The van der Waals surface area contributed by atoms with E-state index in [2.05, 4.69) is 21.2 Å². The number of anilines is 1. The monoisotopic (exact) mass is 358 g/mol. The molecule has 0 aliphatic heterocycles. The van der Waals surface area contributed by atoms with Crippen LogP contribution in [-0.4, -0.2) is 42.2 Å². The smallest absolute Gasteiger partial charge is 0.321 e. The third-order valence-corrected chi connectivity index (χ3v) is 3.69. The normalized spacial score (nSPS) is 11.6. The molecule has 1 atom stereocenters. The zero-order valence-corrected chi connectivity index (χ0v) is 13.8. The fourth-order valence-electron chi connectivity index (χ4n) is 1.69. The molecule has 2 N–H and O–H groups in total. The molecule has 1 aromatic carbocycles. The standard InChI is InChI=1S/C14H19BrN2O4/c1-4-17(8-9(2)13(18)19)14(20)16-12-7-10(21-3)5-6-11(12)15/h5-7,9H,4,8H2,1-3H3,(H,16,20)(H,18,19). The molecule has 0 aliphatic rings. The molecule has 7 heteroatoms. The van der Waals surface area contributed by atoms with Gasteiger partial charge in [0.05, 0.1) is 18.7 Å². The van der Waals surface area contributed by atoms with Gasteiger partial charge in [-0.1, -0.05) is 6.92 Å². The molecule has 2 amide bonds. The van der Waals surface area contributed by atoms with Crippen molar-refractivity contribution >= 4 is 33.6 Å². The molecule has 0 radical (unpaired) electrons. The van der Waals surface area contributed by atoms with Crippen LogP contribution in [0.25, 0.3) is 0 Å². The topological polar surface area (TPSA) is 78.9 Å². The van der Waals surface area contributed by atoms with Gasteiger partial charge in [-0.15, -0.1) is 0 Å². The molecule has 1 unspecified atom stereocenters. The summed E-state index contributed by atoms with van der Waals surface area (Å²) in [5.74, 6) is -0.927. The Morgan fingerprint density at radius 2 is 2.14 bits per heavy atom. The molecule has 6 nitrogen and oxygen atoms in total. The van der Waals surface area contributed by atoms with Gasteiger partial charge in [-0.3, -0.25) is 4.79 Å². The first-order valence-electron chi connectivity index (χ1n) is 6.51. The number of methoxy groups -OCH3 is 1. The molecule has 1 aromatic rings. The minimum absolute atomic E-state index is 0.152. The third-order valence-electron chi connectivity index (χ3n) is 3.00. The number of amides is 2. The molecule has 1 rings (SSSR count). The van der Waals surface area contributed by atoms with Gasteiger partial charge >= 0.3 is 12.0 Å². The number of aliphatic carboxylic acids is 1. The molecule has 0 saturated heterocycles. The number of carbonyl (C=O) groups excluding carboxylic acids is 1. The first kappa shape index (κ1) is 17.3. The highest BCUT2D eigenvalue weighted by Crippen LogP contribution is 2.27. The number of ether oxygens (including phenoxy) is 1. The maximum Gasteiger partial charge on any atom is 0.321 e. The summed E-state index contributed by atoms with van der Waals surface area (Å²) in [5, 5.41) is 11.7. The Hall–Kier alpha value is -1.76. The molecular formula is C14H19BrN2O4. The Balaban J connectivity index is 2.80. The molecule has 0 fully saturated rings. The first-order valence-corrected chi connectivity index (χ1v) is 7.30. The number of nitrogens with one attached hydrogen (secondary N) is 1. The third kappa shape index (κ3) is 4.93. The number of carboxylic acids is 1. The SMILES string of the molecule is CCN(CC(C)C(=O)O)C(=O)Nc1cc(OC)ccc1Br. The molecule has 0 spiro atoms. The van der Waals surface area contributed by atoms with Gasteiger partial charge in [0.25, 0.3) is 0 Å². The summed E-state index contributed by atoms with van der Waals surface area (Å²) >= 11 is 3.35. The van der Waals surface area contributed by atoms with Crippen LogP contribution >= 0.6 is 15.9 Å². The van der Waals surface area contributed by atoms with E-state index in [0.717, 1.165) is 4.47 Å². The lowest BCUT2D eigenvalue weighted by atomic mass is 10.2. The number of nitrogens with zero attached hydrogens (tertiary/aromatic N) is 1. The summed E-state index contributed by atoms with van der Waals surface area (Å²) in [7, 11) is 1.54. The molecule has 21 heavy (non-hydrogen) atoms. The van der Waals surface area contributed by atoms with E-state index >= 15 is 0 Å². The second-order valence-corrected chi connectivity index (χ2v) is 5.41. The summed E-state index contributed by atoms with van der Waals surface area (Å²) < 4.78 is 5.83. The Kier molecular flexibility index (Phi) is 6.48. The highest BCUT2D eigenvalue weighted by Gasteiger charge is 2.20. The van der Waals surface area contributed by atoms with Gasteiger partial charge in [0, 0.05) is 23.6 Å². The van der Waals surface area contributed by atoms with Crippen molar-refractivity contribution in [1.82, 2.24) is 4.90 Å². The van der Waals surface area contributed by atoms with E-state index in [9.17, 15) is 9.59 Å². The van der Waals surface area contributed by atoms with Crippen LogP contribution in [0.5, 0.6) is 5.75 Å². The summed E-state index contributed by atoms with van der Waals surface area (Å²) in [6, 6.07) is 4.88. The molecule has 0 saturated carbocycles. The lowest BCUT2D eigenvalue weighted by molar-refractivity contribution is -0.141. The van der Waals surface area contributed by atoms with Gasteiger partial charge in [0.2, 0.25) is 0 Å². The Morgan fingerprint density at radius 1 is 1.48 bits per heavy atom. The Morgan fingerprint density at radius 3 is 2.67 bits per heavy atom. The average molecular weight is 359 g/mol. The zero-order valence-electron chi connectivity index (χ0n) is 12.2. The molecular weight excluding hydrogens is 340 g/mol. The van der Waals surface area contributed by atoms with Gasteiger partial charge in [-0.2, -0.15) is 0 Å². The van der Waals surface area contributed by atoms with E-state index < -0.39 is 11.9 Å². The van der Waals surface area contributed by atoms with Gasteiger partial charge in [0.1, 0.15) is 5.75 Å². The maximum atomic E-state index is 12.2. The summed E-state index contributed by atoms with van der Waals surface area (Å²) in [4.78, 5) is 24.5. The maximum absolute atomic E-state index is 12.2. The predicted molar refractivity (Wildman–Crippen MR) is 83.8 cm³/mol. The van der Waals surface area contributed by atoms with Crippen molar-refractivity contribution in [1.29, 1.82) is 0 Å². The van der Waals surface area contributed by atoms with Gasteiger partial charge in [-0.25, -0.2) is 4.79 Å². The van der Waals surface area contributed by atoms with Crippen molar-refractivity contribution in [3.8, 4) is 5.75 Å². The van der Waals surface area contributed by atoms with E-state index in [4.69, 9.17) is 9.84 Å². The highest BCUT2D eigenvalue weighted by molar-refractivity contribution is 9.10. The number of hydrogen-bond donors (Lipinski definition) is 2. The van der Waals surface area contributed by atoms with E-state index in [0.29, 0.717) is 18.0 Å². The van der Waals surface area contributed by atoms with E-state index in [-0.39, 0.29) is 12.6 Å². The van der Waals surface area contributed by atoms with Crippen molar-refractivity contribution in [3.63, 3.8) is 0 Å². The van der Waals surface area contributed by atoms with E-state index in [1.807, 2.05) is 0 Å². The molecule has 0 aromatic heterocycles. The summed E-state index contributed by atoms with van der Waals surface area (Å²) in [6.07, 6.45) is 0. The number of urea groups is 1. The van der Waals surface area contributed by atoms with E-state index in [1.54, 1.807) is 39.2 Å². The van der Waals surface area contributed by atoms with Gasteiger partial charge < -0.3 is 20.1 Å². The molecule has 116 valence electrons. The minimum atomic E-state index is -0.927. The number of rotatable bonds is 6. The van der Waals surface area contributed by atoms with Crippen LogP contribution in [0.2, 0.25) is 0 Å². The lowest BCUT2D eigenvalue weighted by Crippen LogP contribution is -2.39. The second-order valence-electron chi connectivity index (χ2n) is 4.55. The predicted octanol–water partition coefficient (Wildman–Crippen LogP) is 3.03. The van der Waals surface area contributed by atoms with Crippen LogP contribution in [0.1, 0.15) is 13.8 Å².